The monoisotopic (exact) mass is 585 g/mol. The van der Waals surface area contributed by atoms with Gasteiger partial charge >= 0.3 is 0 Å². The third-order valence-electron chi connectivity index (χ3n) is 8.03. The molecule has 0 radical (unpaired) electrons. The topological polar surface area (TPSA) is 65.4 Å². The summed E-state index contributed by atoms with van der Waals surface area (Å²) in [7, 11) is 7.36. The highest BCUT2D eigenvalue weighted by atomic mass is 16.7. The summed E-state index contributed by atoms with van der Waals surface area (Å²) in [5.74, 6) is 1.35. The SMILES string of the molecule is COCOc1ccc(C(c2ccc(OCOC)cc2)c2c(C(=O)N3CCCCC3)n(CCN(C)C)c3ccccc23)cc1. The summed E-state index contributed by atoms with van der Waals surface area (Å²) in [6.07, 6.45) is 3.24. The maximum atomic E-state index is 14.6. The average Bonchev–Trinajstić information content (AvgIpc) is 3.37. The molecule has 0 atom stereocenters. The number of hydrogen-bond acceptors (Lipinski definition) is 6. The first-order chi connectivity index (χ1) is 21.0. The Bertz CT molecular complexity index is 1420. The Balaban J connectivity index is 1.72. The molecule has 0 bridgehead atoms. The van der Waals surface area contributed by atoms with Crippen LogP contribution in [0.15, 0.2) is 72.8 Å². The highest BCUT2D eigenvalue weighted by Crippen LogP contribution is 2.41. The van der Waals surface area contributed by atoms with Crippen molar-refractivity contribution in [2.75, 3.05) is 61.5 Å². The molecule has 0 unspecified atom stereocenters. The van der Waals surface area contributed by atoms with E-state index in [1.54, 1.807) is 14.2 Å². The van der Waals surface area contributed by atoms with Crippen molar-refractivity contribution in [1.29, 1.82) is 0 Å². The lowest BCUT2D eigenvalue weighted by atomic mass is 9.83. The fraction of sp³-hybridized carbons (Fsp3) is 0.400. The molecule has 1 amide bonds. The number of likely N-dealkylation sites (N-methyl/N-ethyl adjacent to an activating group) is 1. The molecule has 1 saturated heterocycles. The number of piperidine rings is 1. The summed E-state index contributed by atoms with van der Waals surface area (Å²) in [6, 6.07) is 24.7. The molecule has 2 heterocycles. The van der Waals surface area contributed by atoms with Gasteiger partial charge in [0.2, 0.25) is 0 Å². The van der Waals surface area contributed by atoms with Crippen LogP contribution in [0.2, 0.25) is 0 Å². The number of methoxy groups -OCH3 is 2. The van der Waals surface area contributed by atoms with Gasteiger partial charge in [0.05, 0.1) is 0 Å². The molecule has 0 N–H and O–H groups in total. The van der Waals surface area contributed by atoms with Crippen molar-refractivity contribution in [3.63, 3.8) is 0 Å². The van der Waals surface area contributed by atoms with Gasteiger partial charge in [-0.1, -0.05) is 42.5 Å². The first-order valence-electron chi connectivity index (χ1n) is 15.0. The molecule has 1 fully saturated rings. The van der Waals surface area contributed by atoms with Gasteiger partial charge in [-0.3, -0.25) is 4.79 Å². The van der Waals surface area contributed by atoms with Crippen molar-refractivity contribution in [2.45, 2.75) is 31.7 Å². The summed E-state index contributed by atoms with van der Waals surface area (Å²) < 4.78 is 23.9. The van der Waals surface area contributed by atoms with Crippen LogP contribution in [-0.2, 0) is 16.0 Å². The molecule has 8 nitrogen and oxygen atoms in total. The van der Waals surface area contributed by atoms with E-state index >= 15 is 0 Å². The molecule has 0 spiro atoms. The standard InChI is InChI=1S/C35H43N3O5/c1-36(2)22-23-38-31-11-7-6-10-30(31)33(34(38)35(39)37-20-8-5-9-21-37)32(26-12-16-28(17-13-26)42-24-40-3)27-14-18-29(19-15-27)43-25-41-4/h6-7,10-19,32H,5,8-9,20-25H2,1-4H3. The second-order valence-corrected chi connectivity index (χ2v) is 11.3. The van der Waals surface area contributed by atoms with Crippen LogP contribution in [0.4, 0.5) is 0 Å². The van der Waals surface area contributed by atoms with E-state index in [1.165, 1.54) is 0 Å². The largest absolute Gasteiger partial charge is 0.468 e. The Morgan fingerprint density at radius 1 is 0.791 bits per heavy atom. The van der Waals surface area contributed by atoms with Crippen molar-refractivity contribution < 1.29 is 23.7 Å². The number of para-hydroxylation sites is 1. The maximum Gasteiger partial charge on any atom is 0.270 e. The van der Waals surface area contributed by atoms with E-state index < -0.39 is 0 Å². The quantitative estimate of drug-likeness (QED) is 0.180. The minimum Gasteiger partial charge on any atom is -0.468 e. The molecule has 1 aliphatic rings. The van der Waals surface area contributed by atoms with Crippen LogP contribution in [0.1, 0.15) is 52.4 Å². The van der Waals surface area contributed by atoms with E-state index in [0.717, 1.165) is 83.7 Å². The number of benzene rings is 3. The zero-order valence-corrected chi connectivity index (χ0v) is 25.8. The van der Waals surface area contributed by atoms with Gasteiger partial charge in [0.1, 0.15) is 17.2 Å². The number of carbonyl (C=O) groups excluding carboxylic acids is 1. The molecule has 43 heavy (non-hydrogen) atoms. The maximum absolute atomic E-state index is 14.6. The van der Waals surface area contributed by atoms with Gasteiger partial charge < -0.3 is 33.3 Å². The molecule has 228 valence electrons. The number of fused-ring (bicyclic) bond motifs is 1. The second-order valence-electron chi connectivity index (χ2n) is 11.3. The van der Waals surface area contributed by atoms with Crippen LogP contribution in [0, 0.1) is 0 Å². The zero-order chi connectivity index (χ0) is 30.2. The predicted octanol–water partition coefficient (Wildman–Crippen LogP) is 5.97. The van der Waals surface area contributed by atoms with Crippen LogP contribution in [0.3, 0.4) is 0 Å². The first-order valence-corrected chi connectivity index (χ1v) is 15.0. The molecule has 1 aromatic heterocycles. The Morgan fingerprint density at radius 3 is 1.88 bits per heavy atom. The molecule has 4 aromatic rings. The van der Waals surface area contributed by atoms with E-state index in [0.29, 0.717) is 6.54 Å². The van der Waals surface area contributed by atoms with Crippen LogP contribution in [0.25, 0.3) is 10.9 Å². The molecule has 0 saturated carbocycles. The second kappa shape index (κ2) is 14.6. The van der Waals surface area contributed by atoms with Gasteiger partial charge in [0.15, 0.2) is 13.6 Å². The lowest BCUT2D eigenvalue weighted by Gasteiger charge is -2.29. The fourth-order valence-corrected chi connectivity index (χ4v) is 5.92. The van der Waals surface area contributed by atoms with E-state index in [4.69, 9.17) is 18.9 Å². The number of likely N-dealkylation sites (tertiary alicyclic amines) is 1. The van der Waals surface area contributed by atoms with Crippen LogP contribution >= 0.6 is 0 Å². The van der Waals surface area contributed by atoms with Gasteiger partial charge in [0, 0.05) is 62.8 Å². The summed E-state index contributed by atoms with van der Waals surface area (Å²) in [6.45, 7) is 3.46. The van der Waals surface area contributed by atoms with Gasteiger partial charge in [-0.2, -0.15) is 0 Å². The first kappa shape index (κ1) is 30.6. The molecule has 5 rings (SSSR count). The Labute approximate surface area is 254 Å². The van der Waals surface area contributed by atoms with E-state index in [9.17, 15) is 4.79 Å². The van der Waals surface area contributed by atoms with Crippen molar-refractivity contribution >= 4 is 16.8 Å². The van der Waals surface area contributed by atoms with Crippen molar-refractivity contribution in [1.82, 2.24) is 14.4 Å². The molecule has 0 aliphatic carbocycles. The van der Waals surface area contributed by atoms with Gasteiger partial charge in [-0.15, -0.1) is 0 Å². The van der Waals surface area contributed by atoms with Crippen molar-refractivity contribution in [3.05, 3.63) is 95.2 Å². The number of carbonyl (C=O) groups is 1. The minimum atomic E-state index is -0.206. The average molecular weight is 586 g/mol. The molecule has 3 aromatic carbocycles. The molecule has 1 aliphatic heterocycles. The Kier molecular flexibility index (Phi) is 10.4. The minimum absolute atomic E-state index is 0.106. The van der Waals surface area contributed by atoms with Gasteiger partial charge in [-0.05, 0) is 74.8 Å². The van der Waals surface area contributed by atoms with Crippen molar-refractivity contribution in [3.8, 4) is 11.5 Å². The third kappa shape index (κ3) is 7.04. The van der Waals surface area contributed by atoms with Crippen LogP contribution in [-0.4, -0.2) is 81.8 Å². The normalized spacial score (nSPS) is 13.7. The molecule has 8 heteroatoms. The smallest absolute Gasteiger partial charge is 0.270 e. The lowest BCUT2D eigenvalue weighted by molar-refractivity contribution is 0.0509. The van der Waals surface area contributed by atoms with E-state index in [-0.39, 0.29) is 25.4 Å². The third-order valence-corrected chi connectivity index (χ3v) is 8.03. The number of amides is 1. The highest BCUT2D eigenvalue weighted by molar-refractivity contribution is 6.03. The zero-order valence-electron chi connectivity index (χ0n) is 25.8. The predicted molar refractivity (Wildman–Crippen MR) is 169 cm³/mol. The fourth-order valence-electron chi connectivity index (χ4n) is 5.92. The number of rotatable bonds is 13. The summed E-state index contributed by atoms with van der Waals surface area (Å²) in [5.41, 5.74) is 5.01. The number of ether oxygens (including phenoxy) is 4. The Hall–Kier alpha value is -3.85. The number of nitrogens with zero attached hydrogens (tertiary/aromatic N) is 3. The Morgan fingerprint density at radius 2 is 1.35 bits per heavy atom. The van der Waals surface area contributed by atoms with Gasteiger partial charge in [-0.25, -0.2) is 0 Å². The number of aromatic nitrogens is 1. The summed E-state index contributed by atoms with van der Waals surface area (Å²) in [5, 5.41) is 1.09. The molecular weight excluding hydrogens is 542 g/mol. The lowest BCUT2D eigenvalue weighted by Crippen LogP contribution is -2.37. The van der Waals surface area contributed by atoms with Crippen LogP contribution < -0.4 is 9.47 Å². The van der Waals surface area contributed by atoms with E-state index in [2.05, 4.69) is 72.1 Å². The highest BCUT2D eigenvalue weighted by Gasteiger charge is 2.32. The number of hydrogen-bond donors (Lipinski definition) is 0. The summed E-state index contributed by atoms with van der Waals surface area (Å²) in [4.78, 5) is 18.8. The van der Waals surface area contributed by atoms with E-state index in [1.807, 2.05) is 29.2 Å². The van der Waals surface area contributed by atoms with Crippen LogP contribution in [0.5, 0.6) is 11.5 Å². The van der Waals surface area contributed by atoms with Gasteiger partial charge in [0.25, 0.3) is 5.91 Å². The summed E-state index contributed by atoms with van der Waals surface area (Å²) >= 11 is 0. The van der Waals surface area contributed by atoms with Crippen molar-refractivity contribution in [2.24, 2.45) is 0 Å². The molecular formula is C35H43N3O5.